The first-order valence-corrected chi connectivity index (χ1v) is 10.3. The van der Waals surface area contributed by atoms with E-state index in [0.29, 0.717) is 5.02 Å². The maximum Gasteiger partial charge on any atom is 0.242 e. The van der Waals surface area contributed by atoms with Gasteiger partial charge in [0, 0.05) is 21.4 Å². The van der Waals surface area contributed by atoms with E-state index in [2.05, 4.69) is 10.2 Å². The molecule has 0 atom stereocenters. The minimum atomic E-state index is -0.0167. The van der Waals surface area contributed by atoms with Crippen molar-refractivity contribution in [2.75, 3.05) is 10.7 Å². The predicted molar refractivity (Wildman–Crippen MR) is 106 cm³/mol. The lowest BCUT2D eigenvalue weighted by Gasteiger charge is -2.31. The number of amides is 1. The highest BCUT2D eigenvalue weighted by molar-refractivity contribution is 8.00. The Labute approximate surface area is 164 Å². The molecule has 0 saturated heterocycles. The van der Waals surface area contributed by atoms with Crippen molar-refractivity contribution in [2.45, 2.75) is 28.4 Å². The minimum absolute atomic E-state index is 0.0167. The van der Waals surface area contributed by atoms with E-state index in [4.69, 9.17) is 11.6 Å². The smallest absolute Gasteiger partial charge is 0.242 e. The van der Waals surface area contributed by atoms with Crippen molar-refractivity contribution in [3.8, 4) is 0 Å². The molecule has 0 spiro atoms. The quantitative estimate of drug-likeness (QED) is 0.582. The molecule has 0 saturated carbocycles. The number of aryl methyl sites for hydroxylation is 1. The van der Waals surface area contributed by atoms with Gasteiger partial charge in [-0.15, -0.1) is 10.2 Å². The Balaban J connectivity index is 1.66. The molecule has 1 aliphatic heterocycles. The van der Waals surface area contributed by atoms with Gasteiger partial charge in [-0.25, -0.2) is 0 Å². The van der Waals surface area contributed by atoms with Crippen LogP contribution in [-0.2, 0) is 11.3 Å². The molecule has 132 valence electrons. The number of carbonyl (C=O) groups excluding carboxylic acids is 1. The number of thioether (sulfide) groups is 1. The molecule has 0 fully saturated rings. The van der Waals surface area contributed by atoms with E-state index in [1.54, 1.807) is 23.0 Å². The maximum absolute atomic E-state index is 13.1. The largest absolute Gasteiger partial charge is 0.309 e. The van der Waals surface area contributed by atoms with Crippen molar-refractivity contribution in [3.05, 3.63) is 53.8 Å². The number of aromatic nitrogens is 3. The van der Waals surface area contributed by atoms with Crippen LogP contribution in [0.2, 0.25) is 5.02 Å². The van der Waals surface area contributed by atoms with E-state index in [1.807, 2.05) is 54.0 Å². The summed E-state index contributed by atoms with van der Waals surface area (Å²) in [4.78, 5) is 17.0. The van der Waals surface area contributed by atoms with Crippen molar-refractivity contribution < 1.29 is 4.79 Å². The van der Waals surface area contributed by atoms with Crippen LogP contribution in [0, 0.1) is 0 Å². The number of rotatable bonds is 4. The van der Waals surface area contributed by atoms with E-state index >= 15 is 0 Å². The van der Waals surface area contributed by atoms with Gasteiger partial charge >= 0.3 is 0 Å². The summed E-state index contributed by atoms with van der Waals surface area (Å²) in [5.41, 5.74) is 1.71. The van der Waals surface area contributed by atoms with Crippen LogP contribution in [0.5, 0.6) is 0 Å². The van der Waals surface area contributed by atoms with Crippen LogP contribution in [0.15, 0.2) is 63.7 Å². The Kier molecular flexibility index (Phi) is 4.93. The van der Waals surface area contributed by atoms with Gasteiger partial charge in [0.05, 0.1) is 17.1 Å². The third kappa shape index (κ3) is 3.22. The first-order chi connectivity index (χ1) is 12.7. The molecule has 8 heteroatoms. The Morgan fingerprint density at radius 1 is 1.19 bits per heavy atom. The summed E-state index contributed by atoms with van der Waals surface area (Å²) in [6, 6.07) is 13.6. The average Bonchev–Trinajstić information content (AvgIpc) is 3.12. The van der Waals surface area contributed by atoms with Crippen LogP contribution in [0.1, 0.15) is 6.92 Å². The number of para-hydroxylation sites is 1. The van der Waals surface area contributed by atoms with Crippen LogP contribution >= 0.6 is 35.1 Å². The fraction of sp³-hybridized carbons (Fsp3) is 0.167. The lowest BCUT2D eigenvalue weighted by molar-refractivity contribution is -0.115. The van der Waals surface area contributed by atoms with Gasteiger partial charge in [-0.05, 0) is 37.3 Å². The van der Waals surface area contributed by atoms with E-state index in [0.717, 1.165) is 32.9 Å². The molecule has 2 heterocycles. The van der Waals surface area contributed by atoms with Crippen LogP contribution in [0.4, 0.5) is 11.4 Å². The zero-order valence-electron chi connectivity index (χ0n) is 13.9. The molecule has 0 unspecified atom stereocenters. The number of nitrogens with zero attached hydrogens (tertiary/aromatic N) is 4. The average molecular weight is 403 g/mol. The molecule has 1 aliphatic rings. The molecule has 1 amide bonds. The Morgan fingerprint density at radius 2 is 2.00 bits per heavy atom. The number of hydrogen-bond donors (Lipinski definition) is 0. The summed E-state index contributed by atoms with van der Waals surface area (Å²) in [5.74, 6) is 0.251. The molecule has 4 rings (SSSR count). The summed E-state index contributed by atoms with van der Waals surface area (Å²) in [6.45, 7) is 2.79. The second kappa shape index (κ2) is 7.34. The number of benzene rings is 2. The maximum atomic E-state index is 13.1. The van der Waals surface area contributed by atoms with Gasteiger partial charge in [0.1, 0.15) is 6.33 Å². The molecular weight excluding hydrogens is 388 g/mol. The summed E-state index contributed by atoms with van der Waals surface area (Å²) in [7, 11) is 0. The number of fused-ring (bicyclic) bond motifs is 2. The first-order valence-electron chi connectivity index (χ1n) is 8.07. The highest BCUT2D eigenvalue weighted by Crippen LogP contribution is 2.48. The molecule has 0 bridgehead atoms. The highest BCUT2D eigenvalue weighted by atomic mass is 35.5. The van der Waals surface area contributed by atoms with E-state index in [-0.39, 0.29) is 11.7 Å². The molecule has 0 N–H and O–H groups in total. The minimum Gasteiger partial charge on any atom is -0.309 e. The summed E-state index contributed by atoms with van der Waals surface area (Å²) < 4.78 is 1.92. The summed E-state index contributed by atoms with van der Waals surface area (Å²) >= 11 is 9.24. The second-order valence-electron chi connectivity index (χ2n) is 5.60. The lowest BCUT2D eigenvalue weighted by atomic mass is 10.2. The normalized spacial score (nSPS) is 12.6. The molecule has 1 aromatic heterocycles. The zero-order chi connectivity index (χ0) is 18.1. The van der Waals surface area contributed by atoms with Gasteiger partial charge in [0.25, 0.3) is 0 Å². The SMILES string of the molecule is CCn1cnnc1SCC(=O)N1c2ccccc2Sc2ccc(Cl)cc21. The van der Waals surface area contributed by atoms with Crippen LogP contribution < -0.4 is 4.90 Å². The Hall–Kier alpha value is -1.96. The van der Waals surface area contributed by atoms with Crippen molar-refractivity contribution in [3.63, 3.8) is 0 Å². The van der Waals surface area contributed by atoms with E-state index in [9.17, 15) is 4.79 Å². The molecule has 5 nitrogen and oxygen atoms in total. The third-order valence-corrected chi connectivity index (χ3v) is 6.31. The first kappa shape index (κ1) is 17.5. The van der Waals surface area contributed by atoms with Crippen molar-refractivity contribution in [2.24, 2.45) is 0 Å². The fourth-order valence-corrected chi connectivity index (χ4v) is 4.79. The van der Waals surface area contributed by atoms with Crippen molar-refractivity contribution in [1.82, 2.24) is 14.8 Å². The number of anilines is 2. The standard InChI is InChI=1S/C18H15ClN4OS2/c1-2-22-11-20-21-18(22)25-10-17(24)23-13-5-3-4-6-15(13)26-16-8-7-12(19)9-14(16)23/h3-9,11H,2,10H2,1H3. The molecule has 26 heavy (non-hydrogen) atoms. The van der Waals surface area contributed by atoms with E-state index in [1.165, 1.54) is 11.8 Å². The van der Waals surface area contributed by atoms with Gasteiger partial charge in [-0.3, -0.25) is 9.69 Å². The van der Waals surface area contributed by atoms with Crippen molar-refractivity contribution in [1.29, 1.82) is 0 Å². The van der Waals surface area contributed by atoms with Crippen LogP contribution in [0.25, 0.3) is 0 Å². The summed E-state index contributed by atoms with van der Waals surface area (Å²) in [5, 5.41) is 9.35. The molecular formula is C18H15ClN4OS2. The Morgan fingerprint density at radius 3 is 2.85 bits per heavy atom. The molecule has 3 aromatic rings. The predicted octanol–water partition coefficient (Wildman–Crippen LogP) is 4.87. The van der Waals surface area contributed by atoms with Crippen LogP contribution in [-0.4, -0.2) is 26.4 Å². The number of carbonyl (C=O) groups is 1. The third-order valence-electron chi connectivity index (χ3n) is 3.98. The number of halogens is 1. The lowest BCUT2D eigenvalue weighted by Crippen LogP contribution is -2.30. The summed E-state index contributed by atoms with van der Waals surface area (Å²) in [6.07, 6.45) is 1.68. The fourth-order valence-electron chi connectivity index (χ4n) is 2.76. The second-order valence-corrected chi connectivity index (χ2v) is 8.06. The number of hydrogen-bond acceptors (Lipinski definition) is 5. The zero-order valence-corrected chi connectivity index (χ0v) is 16.3. The Bertz CT molecular complexity index is 975. The van der Waals surface area contributed by atoms with Gasteiger partial charge in [0.2, 0.25) is 5.91 Å². The molecule has 0 radical (unpaired) electrons. The van der Waals surface area contributed by atoms with E-state index < -0.39 is 0 Å². The van der Waals surface area contributed by atoms with Gasteiger partial charge in [-0.2, -0.15) is 0 Å². The molecule has 2 aromatic carbocycles. The highest BCUT2D eigenvalue weighted by Gasteiger charge is 2.28. The van der Waals surface area contributed by atoms with Gasteiger partial charge in [-0.1, -0.05) is 47.3 Å². The van der Waals surface area contributed by atoms with Crippen LogP contribution in [0.3, 0.4) is 0 Å². The van der Waals surface area contributed by atoms with Gasteiger partial charge < -0.3 is 4.57 Å². The molecule has 0 aliphatic carbocycles. The topological polar surface area (TPSA) is 51.0 Å². The van der Waals surface area contributed by atoms with Crippen molar-refractivity contribution >= 4 is 52.4 Å². The monoisotopic (exact) mass is 402 g/mol. The van der Waals surface area contributed by atoms with Gasteiger partial charge in [0.15, 0.2) is 5.16 Å².